The fourth-order valence-electron chi connectivity index (χ4n) is 4.07. The summed E-state index contributed by atoms with van der Waals surface area (Å²) in [4.78, 5) is 37.6. The van der Waals surface area contributed by atoms with Gasteiger partial charge >= 0.3 is 0 Å². The average molecular weight is 446 g/mol. The summed E-state index contributed by atoms with van der Waals surface area (Å²) in [6.45, 7) is 5.86. The molecule has 10 heteroatoms. The molecule has 1 aliphatic rings. The second-order valence-corrected chi connectivity index (χ2v) is 8.02. The SMILES string of the molecule is Cc1cccc(C(C)C)c1N=C1c2cc([N+](=O)[O-])ccc2-c2c1cc([N+](=O)[O-])cc2[N+](=O)[O-]. The van der Waals surface area contributed by atoms with Crippen LogP contribution in [0.1, 0.15) is 42.0 Å². The Labute approximate surface area is 187 Å². The lowest BCUT2D eigenvalue weighted by Gasteiger charge is -2.13. The smallest absolute Gasteiger partial charge is 0.258 e. The minimum absolute atomic E-state index is 0.106. The van der Waals surface area contributed by atoms with Crippen molar-refractivity contribution in [2.75, 3.05) is 0 Å². The molecule has 0 heterocycles. The molecule has 0 aliphatic heterocycles. The van der Waals surface area contributed by atoms with E-state index in [-0.39, 0.29) is 28.4 Å². The normalized spacial score (nSPS) is 13.2. The first-order valence-corrected chi connectivity index (χ1v) is 10.0. The zero-order valence-electron chi connectivity index (χ0n) is 17.9. The number of benzene rings is 3. The Bertz CT molecular complexity index is 1390. The van der Waals surface area contributed by atoms with E-state index >= 15 is 0 Å². The van der Waals surface area contributed by atoms with Gasteiger partial charge in [-0.2, -0.15) is 0 Å². The fourth-order valence-corrected chi connectivity index (χ4v) is 4.07. The lowest BCUT2D eigenvalue weighted by Crippen LogP contribution is -2.02. The molecule has 0 N–H and O–H groups in total. The van der Waals surface area contributed by atoms with Crippen LogP contribution in [0, 0.1) is 37.3 Å². The van der Waals surface area contributed by atoms with Crippen molar-refractivity contribution in [3.05, 3.63) is 101 Å². The monoisotopic (exact) mass is 446 g/mol. The third-order valence-corrected chi connectivity index (χ3v) is 5.62. The van der Waals surface area contributed by atoms with Gasteiger partial charge in [-0.1, -0.05) is 32.0 Å². The molecule has 0 unspecified atom stereocenters. The van der Waals surface area contributed by atoms with Gasteiger partial charge in [0.2, 0.25) is 0 Å². The van der Waals surface area contributed by atoms with E-state index in [0.717, 1.165) is 17.2 Å². The van der Waals surface area contributed by atoms with Crippen molar-refractivity contribution in [1.29, 1.82) is 0 Å². The lowest BCUT2D eigenvalue weighted by molar-refractivity contribution is -0.393. The maximum atomic E-state index is 11.8. The summed E-state index contributed by atoms with van der Waals surface area (Å²) in [5.41, 5.74) is 2.55. The van der Waals surface area contributed by atoms with Crippen molar-refractivity contribution in [1.82, 2.24) is 0 Å². The second-order valence-electron chi connectivity index (χ2n) is 8.02. The number of non-ortho nitro benzene ring substituents is 2. The zero-order chi connectivity index (χ0) is 24.0. The van der Waals surface area contributed by atoms with Crippen molar-refractivity contribution in [3.8, 4) is 11.1 Å². The van der Waals surface area contributed by atoms with Crippen molar-refractivity contribution in [2.45, 2.75) is 26.7 Å². The van der Waals surface area contributed by atoms with E-state index in [0.29, 0.717) is 16.8 Å². The van der Waals surface area contributed by atoms with Crippen molar-refractivity contribution in [3.63, 3.8) is 0 Å². The van der Waals surface area contributed by atoms with Crippen LogP contribution in [-0.4, -0.2) is 20.5 Å². The van der Waals surface area contributed by atoms with E-state index in [1.165, 1.54) is 24.3 Å². The quantitative estimate of drug-likeness (QED) is 0.272. The Hall–Kier alpha value is -4.47. The van der Waals surface area contributed by atoms with Gasteiger partial charge in [0, 0.05) is 29.3 Å². The van der Waals surface area contributed by atoms with Crippen LogP contribution in [0.5, 0.6) is 0 Å². The predicted molar refractivity (Wildman–Crippen MR) is 122 cm³/mol. The van der Waals surface area contributed by atoms with Gasteiger partial charge in [0.15, 0.2) is 0 Å². The number of fused-ring (bicyclic) bond motifs is 3. The number of nitrogens with zero attached hydrogens (tertiary/aromatic N) is 4. The molecule has 166 valence electrons. The standard InChI is InChI=1S/C23H18N4O6/c1-12(2)16-6-4-5-13(3)22(16)24-23-18-9-14(25(28)29)7-8-17(18)21-19(23)10-15(26(30)31)11-20(21)27(32)33/h4-12H,1-3H3. The van der Waals surface area contributed by atoms with Crippen LogP contribution in [0.2, 0.25) is 0 Å². The first kappa shape index (κ1) is 21.8. The molecule has 0 aromatic heterocycles. The van der Waals surface area contributed by atoms with E-state index in [2.05, 4.69) is 0 Å². The van der Waals surface area contributed by atoms with Crippen molar-refractivity contribution >= 4 is 28.5 Å². The van der Waals surface area contributed by atoms with E-state index in [4.69, 9.17) is 4.99 Å². The molecule has 0 radical (unpaired) electrons. The number of nitro groups is 3. The minimum Gasteiger partial charge on any atom is -0.258 e. The van der Waals surface area contributed by atoms with Gasteiger partial charge in [-0.15, -0.1) is 0 Å². The first-order chi connectivity index (χ1) is 15.6. The molecule has 3 aromatic rings. The van der Waals surface area contributed by atoms with Crippen molar-refractivity contribution in [2.24, 2.45) is 4.99 Å². The zero-order valence-corrected chi connectivity index (χ0v) is 17.9. The predicted octanol–water partition coefficient (Wildman–Crippen LogP) is 5.99. The van der Waals surface area contributed by atoms with E-state index in [1.54, 1.807) is 0 Å². The average Bonchev–Trinajstić information content (AvgIpc) is 3.06. The number of nitro benzene ring substituents is 3. The Morgan fingerprint density at radius 1 is 0.788 bits per heavy atom. The first-order valence-electron chi connectivity index (χ1n) is 10.0. The van der Waals surface area contributed by atoms with Crippen LogP contribution in [0.4, 0.5) is 22.7 Å². The molecular weight excluding hydrogens is 428 g/mol. The van der Waals surface area contributed by atoms with E-state index in [1.807, 2.05) is 39.0 Å². The Balaban J connectivity index is 2.13. The third-order valence-electron chi connectivity index (χ3n) is 5.62. The van der Waals surface area contributed by atoms with Gasteiger partial charge in [-0.3, -0.25) is 30.3 Å². The van der Waals surface area contributed by atoms with Crippen LogP contribution in [0.3, 0.4) is 0 Å². The molecule has 1 aliphatic carbocycles. The number of aryl methyl sites for hydroxylation is 1. The largest absolute Gasteiger partial charge is 0.284 e. The molecule has 10 nitrogen and oxygen atoms in total. The van der Waals surface area contributed by atoms with Crippen LogP contribution < -0.4 is 0 Å². The Morgan fingerprint density at radius 2 is 1.45 bits per heavy atom. The number of hydrogen-bond acceptors (Lipinski definition) is 7. The second kappa shape index (κ2) is 7.90. The molecule has 33 heavy (non-hydrogen) atoms. The van der Waals surface area contributed by atoms with E-state index < -0.39 is 26.1 Å². The van der Waals surface area contributed by atoms with Gasteiger partial charge in [0.1, 0.15) is 0 Å². The molecule has 0 atom stereocenters. The van der Waals surface area contributed by atoms with Crippen LogP contribution in [0.15, 0.2) is 53.5 Å². The van der Waals surface area contributed by atoms with Crippen LogP contribution in [0.25, 0.3) is 11.1 Å². The number of hydrogen-bond donors (Lipinski definition) is 0. The molecule has 4 rings (SSSR count). The Morgan fingerprint density at radius 3 is 2.06 bits per heavy atom. The van der Waals surface area contributed by atoms with E-state index in [9.17, 15) is 30.3 Å². The van der Waals surface area contributed by atoms with Crippen LogP contribution in [-0.2, 0) is 0 Å². The molecular formula is C23H18N4O6. The topological polar surface area (TPSA) is 142 Å². The van der Waals surface area contributed by atoms with Gasteiger partial charge in [0.05, 0.1) is 37.8 Å². The highest BCUT2D eigenvalue weighted by molar-refractivity contribution is 6.27. The summed E-state index contributed by atoms with van der Waals surface area (Å²) in [6.07, 6.45) is 0. The van der Waals surface area contributed by atoms with Crippen molar-refractivity contribution < 1.29 is 14.8 Å². The summed E-state index contributed by atoms with van der Waals surface area (Å²) in [6, 6.07) is 11.8. The molecule has 0 amide bonds. The van der Waals surface area contributed by atoms with Gasteiger partial charge in [-0.25, -0.2) is 4.99 Å². The Kier molecular flexibility index (Phi) is 5.21. The highest BCUT2D eigenvalue weighted by atomic mass is 16.6. The summed E-state index contributed by atoms with van der Waals surface area (Å²) in [5.74, 6) is 0.106. The summed E-state index contributed by atoms with van der Waals surface area (Å²) in [7, 11) is 0. The molecule has 0 fully saturated rings. The molecule has 0 bridgehead atoms. The molecule has 0 spiro atoms. The summed E-state index contributed by atoms with van der Waals surface area (Å²) in [5, 5.41) is 34.7. The maximum Gasteiger partial charge on any atom is 0.284 e. The molecule has 3 aromatic carbocycles. The highest BCUT2D eigenvalue weighted by Gasteiger charge is 2.36. The third kappa shape index (κ3) is 3.61. The molecule has 0 saturated carbocycles. The molecule has 0 saturated heterocycles. The lowest BCUT2D eigenvalue weighted by atomic mass is 9.98. The van der Waals surface area contributed by atoms with Gasteiger partial charge in [-0.05, 0) is 35.6 Å². The number of rotatable bonds is 5. The fraction of sp³-hybridized carbons (Fsp3) is 0.174. The van der Waals surface area contributed by atoms with Gasteiger partial charge in [0.25, 0.3) is 17.1 Å². The number of para-hydroxylation sites is 1. The highest BCUT2D eigenvalue weighted by Crippen LogP contribution is 2.47. The van der Waals surface area contributed by atoms with Gasteiger partial charge < -0.3 is 0 Å². The van der Waals surface area contributed by atoms with Crippen LogP contribution >= 0.6 is 0 Å². The summed E-state index contributed by atoms with van der Waals surface area (Å²) >= 11 is 0. The summed E-state index contributed by atoms with van der Waals surface area (Å²) < 4.78 is 0. The maximum absolute atomic E-state index is 11.8. The number of aliphatic imine (C=N–C) groups is 1. The minimum atomic E-state index is -0.705.